The minimum absolute atomic E-state index is 0.0570. The first-order valence-corrected chi connectivity index (χ1v) is 14.1. The van der Waals surface area contributed by atoms with E-state index in [0.717, 1.165) is 27.8 Å². The molecule has 0 unspecified atom stereocenters. The minimum atomic E-state index is 0.0570. The van der Waals surface area contributed by atoms with Crippen molar-refractivity contribution in [3.63, 3.8) is 0 Å². The van der Waals surface area contributed by atoms with Crippen LogP contribution in [0.2, 0.25) is 0 Å². The fourth-order valence-electron chi connectivity index (χ4n) is 6.58. The van der Waals surface area contributed by atoms with E-state index in [9.17, 15) is 0 Å². The third-order valence-corrected chi connectivity index (χ3v) is 9.14. The van der Waals surface area contributed by atoms with Crippen molar-refractivity contribution in [1.29, 1.82) is 0 Å². The summed E-state index contributed by atoms with van der Waals surface area (Å²) in [6.45, 7) is 0.0570. The lowest BCUT2D eigenvalue weighted by Crippen LogP contribution is -2.61. The van der Waals surface area contributed by atoms with E-state index in [2.05, 4.69) is 137 Å². The second kappa shape index (κ2) is 7.89. The molecule has 0 aliphatic carbocycles. The zero-order valence-electron chi connectivity index (χ0n) is 20.9. The van der Waals surface area contributed by atoms with E-state index in [0.29, 0.717) is 0 Å². The molecule has 7 aromatic rings. The number of thiophene rings is 1. The first-order valence-electron chi connectivity index (χ1n) is 13.2. The van der Waals surface area contributed by atoms with Crippen LogP contribution in [0.1, 0.15) is 0 Å². The van der Waals surface area contributed by atoms with Crippen LogP contribution in [0.15, 0.2) is 132 Å². The van der Waals surface area contributed by atoms with Crippen LogP contribution in [0.4, 0.5) is 34.3 Å². The highest BCUT2D eigenvalue weighted by atomic mass is 32.1. The molecule has 2 aliphatic rings. The van der Waals surface area contributed by atoms with Crippen molar-refractivity contribution < 1.29 is 4.42 Å². The van der Waals surface area contributed by atoms with Gasteiger partial charge in [-0.1, -0.05) is 90.2 Å². The van der Waals surface area contributed by atoms with Crippen LogP contribution >= 0.6 is 11.3 Å². The van der Waals surface area contributed by atoms with E-state index < -0.39 is 0 Å². The highest BCUT2D eigenvalue weighted by molar-refractivity contribution is 7.25. The van der Waals surface area contributed by atoms with E-state index in [1.54, 1.807) is 11.3 Å². The van der Waals surface area contributed by atoms with Gasteiger partial charge in [0.15, 0.2) is 4.90 Å². The maximum absolute atomic E-state index is 6.85. The van der Waals surface area contributed by atoms with Gasteiger partial charge in [0.05, 0.1) is 0 Å². The SMILES string of the molecule is c1ccc(N2c3ccccc3B3c4c2cccc4N(c2ccccc2)c2oc4sc5ccccc5c4c23)cc1. The molecule has 0 fully saturated rings. The number of anilines is 6. The van der Waals surface area contributed by atoms with Gasteiger partial charge in [-0.2, -0.15) is 0 Å². The lowest BCUT2D eigenvalue weighted by atomic mass is 9.33. The third-order valence-electron chi connectivity index (χ3n) is 8.09. The van der Waals surface area contributed by atoms with Crippen LogP contribution in [0.3, 0.4) is 0 Å². The molecule has 0 amide bonds. The van der Waals surface area contributed by atoms with Crippen LogP contribution in [0, 0.1) is 0 Å². The third kappa shape index (κ3) is 2.83. The first kappa shape index (κ1) is 21.2. The maximum Gasteiger partial charge on any atom is 0.257 e. The molecule has 3 nitrogen and oxygen atoms in total. The van der Waals surface area contributed by atoms with Crippen molar-refractivity contribution in [3.05, 3.63) is 127 Å². The summed E-state index contributed by atoms with van der Waals surface area (Å²) >= 11 is 1.74. The number of furan rings is 1. The number of rotatable bonds is 2. The molecule has 0 atom stereocenters. The predicted octanol–water partition coefficient (Wildman–Crippen LogP) is 7.73. The van der Waals surface area contributed by atoms with Crippen molar-refractivity contribution in [2.24, 2.45) is 0 Å². The maximum atomic E-state index is 6.85. The van der Waals surface area contributed by atoms with Crippen LogP contribution in [0.5, 0.6) is 0 Å². The molecule has 5 heteroatoms. The Morgan fingerprint density at radius 2 is 1.15 bits per heavy atom. The molecule has 2 aliphatic heterocycles. The highest BCUT2D eigenvalue weighted by Crippen LogP contribution is 2.47. The fraction of sp³-hybridized carbons (Fsp3) is 0. The van der Waals surface area contributed by atoms with Crippen molar-refractivity contribution >= 4 is 89.1 Å². The molecule has 2 aromatic heterocycles. The van der Waals surface area contributed by atoms with Crippen molar-refractivity contribution in [3.8, 4) is 0 Å². The standard InChI is InChI=1S/C34H21BN2OS/c1-3-12-22(13-4-1)36-26-18-9-8-17-25(26)35-31-27(36)19-11-20-28(31)37(23-14-5-2-6-15-23)33-32(35)30-24-16-7-10-21-29(24)39-34(30)38-33/h1-21H. The molecule has 0 bridgehead atoms. The smallest absolute Gasteiger partial charge is 0.257 e. The van der Waals surface area contributed by atoms with Gasteiger partial charge in [0.25, 0.3) is 6.71 Å². The Bertz CT molecular complexity index is 2030. The van der Waals surface area contributed by atoms with Gasteiger partial charge in [-0.05, 0) is 59.5 Å². The zero-order chi connectivity index (χ0) is 25.5. The van der Waals surface area contributed by atoms with E-state index in [-0.39, 0.29) is 6.71 Å². The van der Waals surface area contributed by atoms with Gasteiger partial charge in [-0.15, -0.1) is 0 Å². The van der Waals surface area contributed by atoms with Gasteiger partial charge < -0.3 is 9.32 Å². The number of hydrogen-bond donors (Lipinski definition) is 0. The number of hydrogen-bond acceptors (Lipinski definition) is 4. The lowest BCUT2D eigenvalue weighted by molar-refractivity contribution is 0.630. The molecule has 0 saturated heterocycles. The summed E-state index contributed by atoms with van der Waals surface area (Å²) in [6.07, 6.45) is 0. The number of nitrogens with zero attached hydrogens (tertiary/aromatic N) is 2. The average molecular weight is 516 g/mol. The number of para-hydroxylation sites is 3. The summed E-state index contributed by atoms with van der Waals surface area (Å²) in [7, 11) is 0. The summed E-state index contributed by atoms with van der Waals surface area (Å²) in [6, 6.07) is 45.6. The van der Waals surface area contributed by atoms with Gasteiger partial charge in [-0.3, -0.25) is 4.90 Å². The quantitative estimate of drug-likeness (QED) is 0.219. The topological polar surface area (TPSA) is 19.6 Å². The van der Waals surface area contributed by atoms with Crippen molar-refractivity contribution in [2.75, 3.05) is 9.80 Å². The predicted molar refractivity (Wildman–Crippen MR) is 166 cm³/mol. The van der Waals surface area contributed by atoms with E-state index in [4.69, 9.17) is 4.42 Å². The van der Waals surface area contributed by atoms with E-state index >= 15 is 0 Å². The summed E-state index contributed by atoms with van der Waals surface area (Å²) in [5.41, 5.74) is 9.72. The van der Waals surface area contributed by atoms with Crippen molar-refractivity contribution in [2.45, 2.75) is 0 Å². The molecular formula is C34H21BN2OS. The zero-order valence-corrected chi connectivity index (χ0v) is 21.7. The van der Waals surface area contributed by atoms with Crippen LogP contribution < -0.4 is 26.2 Å². The van der Waals surface area contributed by atoms with Gasteiger partial charge in [0.2, 0.25) is 5.88 Å². The molecule has 39 heavy (non-hydrogen) atoms. The normalized spacial score (nSPS) is 13.5. The fourth-order valence-corrected chi connectivity index (χ4v) is 7.65. The summed E-state index contributed by atoms with van der Waals surface area (Å²) in [5.74, 6) is 0.922. The molecule has 0 radical (unpaired) electrons. The van der Waals surface area contributed by atoms with E-state index in [1.165, 1.54) is 43.2 Å². The molecule has 0 spiro atoms. The lowest BCUT2D eigenvalue weighted by Gasteiger charge is -2.42. The number of benzene rings is 5. The molecule has 9 rings (SSSR count). The van der Waals surface area contributed by atoms with Gasteiger partial charge >= 0.3 is 0 Å². The Morgan fingerprint density at radius 1 is 0.538 bits per heavy atom. The Balaban J connectivity index is 1.44. The monoisotopic (exact) mass is 516 g/mol. The van der Waals surface area contributed by atoms with Gasteiger partial charge in [-0.25, -0.2) is 0 Å². The first-order chi connectivity index (χ1) is 19.4. The molecule has 182 valence electrons. The summed E-state index contributed by atoms with van der Waals surface area (Å²) < 4.78 is 8.11. The average Bonchev–Trinajstić information content (AvgIpc) is 3.54. The molecule has 5 aromatic carbocycles. The van der Waals surface area contributed by atoms with Gasteiger partial charge in [0.1, 0.15) is 0 Å². The van der Waals surface area contributed by atoms with Crippen LogP contribution in [0.25, 0.3) is 20.4 Å². The van der Waals surface area contributed by atoms with Crippen LogP contribution in [-0.4, -0.2) is 6.71 Å². The molecular weight excluding hydrogens is 495 g/mol. The number of fused-ring (bicyclic) bond motifs is 8. The van der Waals surface area contributed by atoms with Crippen LogP contribution in [-0.2, 0) is 0 Å². The molecule has 0 N–H and O–H groups in total. The Hall–Kier alpha value is -4.74. The Kier molecular flexibility index (Phi) is 4.29. The second-order valence-corrected chi connectivity index (χ2v) is 11.1. The molecule has 0 saturated carbocycles. The van der Waals surface area contributed by atoms with Gasteiger partial charge in [0, 0.05) is 49.4 Å². The largest absolute Gasteiger partial charge is 0.430 e. The van der Waals surface area contributed by atoms with Crippen molar-refractivity contribution in [1.82, 2.24) is 0 Å². The second-order valence-electron chi connectivity index (χ2n) is 10.1. The Morgan fingerprint density at radius 3 is 1.95 bits per heavy atom. The molecule has 4 heterocycles. The minimum Gasteiger partial charge on any atom is -0.430 e. The summed E-state index contributed by atoms with van der Waals surface area (Å²) in [5, 5.41) is 2.50. The highest BCUT2D eigenvalue weighted by Gasteiger charge is 2.46. The Labute approximate surface area is 230 Å². The summed E-state index contributed by atoms with van der Waals surface area (Å²) in [4.78, 5) is 5.73. The van der Waals surface area contributed by atoms with E-state index in [1.807, 2.05) is 0 Å².